The van der Waals surface area contributed by atoms with E-state index in [-0.39, 0.29) is 6.54 Å². The van der Waals surface area contributed by atoms with Crippen LogP contribution in [-0.2, 0) is 16.1 Å². The third-order valence-corrected chi connectivity index (χ3v) is 6.33. The van der Waals surface area contributed by atoms with Crippen LogP contribution in [0.15, 0.2) is 53.1 Å². The molecule has 2 aromatic carbocycles. The van der Waals surface area contributed by atoms with E-state index in [1.54, 1.807) is 14.0 Å². The fourth-order valence-corrected chi connectivity index (χ4v) is 4.30. The zero-order chi connectivity index (χ0) is 27.1. The maximum Gasteiger partial charge on any atom is 0.397 e. The van der Waals surface area contributed by atoms with Gasteiger partial charge in [0.05, 0.1) is 12.6 Å². The molecule has 0 unspecified atom stereocenters. The molecule has 2 N–H and O–H groups in total. The number of nitrogens with one attached hydrogen (secondary N) is 2. The van der Waals surface area contributed by atoms with E-state index in [1.165, 1.54) is 0 Å². The summed E-state index contributed by atoms with van der Waals surface area (Å²) in [6.45, 7) is 1.88. The third kappa shape index (κ3) is 5.20. The lowest BCUT2D eigenvalue weighted by molar-refractivity contribution is -0.155. The standard InChI is InChI=1S/C26H24F3N5O4/c1-15-31-23(38-33-15)21-12-17-11-19(37-2)7-8-20(17)34(21)18-5-3-16(4-6-18)14-30-24(36)25(9-10-25)32-22(35)13-26(27,28)29/h3-8,11-12H,9-10,13-14H2,1-2H3,(H,30,36)(H,32,35). The number of alkyl halides is 3. The molecule has 4 aromatic rings. The molecular formula is C26H24F3N5O4. The lowest BCUT2D eigenvalue weighted by Gasteiger charge is -2.18. The number of nitrogens with zero attached hydrogens (tertiary/aromatic N) is 3. The minimum atomic E-state index is -4.63. The van der Waals surface area contributed by atoms with Crippen molar-refractivity contribution >= 4 is 22.7 Å². The fraction of sp³-hybridized carbons (Fsp3) is 0.308. The SMILES string of the molecule is COc1ccc2c(c1)cc(-c1nc(C)no1)n2-c1ccc(CNC(=O)C2(NC(=O)CC(F)(F)F)CC2)cc1. The minimum Gasteiger partial charge on any atom is -0.497 e. The van der Waals surface area contributed by atoms with E-state index in [1.807, 2.05) is 53.1 Å². The summed E-state index contributed by atoms with van der Waals surface area (Å²) in [7, 11) is 1.60. The lowest BCUT2D eigenvalue weighted by atomic mass is 10.1. The molecule has 2 heterocycles. The van der Waals surface area contributed by atoms with Gasteiger partial charge in [-0.25, -0.2) is 0 Å². The smallest absolute Gasteiger partial charge is 0.397 e. The predicted octanol–water partition coefficient (Wildman–Crippen LogP) is 4.21. The number of aromatic nitrogens is 3. The highest BCUT2D eigenvalue weighted by Crippen LogP contribution is 2.36. The van der Waals surface area contributed by atoms with Crippen LogP contribution in [0.1, 0.15) is 30.7 Å². The second-order valence-electron chi connectivity index (χ2n) is 9.21. The van der Waals surface area contributed by atoms with Gasteiger partial charge in [-0.2, -0.15) is 18.2 Å². The van der Waals surface area contributed by atoms with Crippen molar-refractivity contribution < 1.29 is 32.0 Å². The second kappa shape index (κ2) is 9.51. The molecule has 2 aromatic heterocycles. The van der Waals surface area contributed by atoms with Gasteiger partial charge >= 0.3 is 6.18 Å². The van der Waals surface area contributed by atoms with Gasteiger partial charge in [0.2, 0.25) is 11.8 Å². The van der Waals surface area contributed by atoms with E-state index in [2.05, 4.69) is 20.8 Å². The molecule has 1 aliphatic carbocycles. The van der Waals surface area contributed by atoms with Crippen molar-refractivity contribution in [2.75, 3.05) is 7.11 Å². The summed E-state index contributed by atoms with van der Waals surface area (Å²) < 4.78 is 50.2. The fourth-order valence-electron chi connectivity index (χ4n) is 4.30. The van der Waals surface area contributed by atoms with Crippen molar-refractivity contribution in [1.82, 2.24) is 25.3 Å². The van der Waals surface area contributed by atoms with Crippen molar-refractivity contribution in [3.05, 3.63) is 59.9 Å². The Kier molecular flexibility index (Phi) is 6.33. The number of benzene rings is 2. The number of rotatable bonds is 8. The molecule has 0 spiro atoms. The van der Waals surface area contributed by atoms with Crippen LogP contribution in [0.2, 0.25) is 0 Å². The first-order chi connectivity index (χ1) is 18.1. The number of fused-ring (bicyclic) bond motifs is 1. The average molecular weight is 528 g/mol. The molecule has 0 saturated heterocycles. The average Bonchev–Trinajstić information content (AvgIpc) is 3.35. The molecule has 0 bridgehead atoms. The number of methoxy groups -OCH3 is 1. The van der Waals surface area contributed by atoms with E-state index >= 15 is 0 Å². The summed E-state index contributed by atoms with van der Waals surface area (Å²) in [5.74, 6) is -0.147. The van der Waals surface area contributed by atoms with Gasteiger partial charge in [-0.3, -0.25) is 9.59 Å². The van der Waals surface area contributed by atoms with Crippen LogP contribution >= 0.6 is 0 Å². The first-order valence-corrected chi connectivity index (χ1v) is 11.8. The zero-order valence-corrected chi connectivity index (χ0v) is 20.6. The normalized spacial score (nSPS) is 14.3. The molecule has 0 atom stereocenters. The maximum atomic E-state index is 12.6. The number of hydrogen-bond donors (Lipinski definition) is 2. The summed E-state index contributed by atoms with van der Waals surface area (Å²) in [4.78, 5) is 28.7. The maximum absolute atomic E-state index is 12.6. The molecule has 1 fully saturated rings. The number of hydrogen-bond acceptors (Lipinski definition) is 6. The highest BCUT2D eigenvalue weighted by atomic mass is 19.4. The molecule has 1 saturated carbocycles. The Morgan fingerprint density at radius 2 is 1.87 bits per heavy atom. The molecule has 12 heteroatoms. The molecule has 9 nitrogen and oxygen atoms in total. The Bertz CT molecular complexity index is 1500. The van der Waals surface area contributed by atoms with Gasteiger partial charge in [-0.1, -0.05) is 17.3 Å². The van der Waals surface area contributed by atoms with Gasteiger partial charge in [0.25, 0.3) is 5.89 Å². The highest BCUT2D eigenvalue weighted by Gasteiger charge is 2.51. The van der Waals surface area contributed by atoms with Gasteiger partial charge in [0.15, 0.2) is 5.82 Å². The summed E-state index contributed by atoms with van der Waals surface area (Å²) in [6, 6.07) is 15.0. The van der Waals surface area contributed by atoms with Crippen LogP contribution in [0.3, 0.4) is 0 Å². The van der Waals surface area contributed by atoms with Gasteiger partial charge in [0.1, 0.15) is 23.4 Å². The topological polar surface area (TPSA) is 111 Å². The van der Waals surface area contributed by atoms with Crippen molar-refractivity contribution in [3.63, 3.8) is 0 Å². The largest absolute Gasteiger partial charge is 0.497 e. The van der Waals surface area contributed by atoms with Crippen molar-refractivity contribution in [2.45, 2.75) is 44.4 Å². The van der Waals surface area contributed by atoms with E-state index in [9.17, 15) is 22.8 Å². The highest BCUT2D eigenvalue weighted by molar-refractivity contribution is 5.94. The number of ether oxygens (including phenoxy) is 1. The summed E-state index contributed by atoms with van der Waals surface area (Å²) in [5, 5.41) is 9.76. The van der Waals surface area contributed by atoms with Crippen LogP contribution in [0.25, 0.3) is 28.2 Å². The molecule has 198 valence electrons. The summed E-state index contributed by atoms with van der Waals surface area (Å²) in [6.07, 6.45) is -5.65. The van der Waals surface area contributed by atoms with Crippen LogP contribution in [0, 0.1) is 6.92 Å². The van der Waals surface area contributed by atoms with Crippen LogP contribution in [0.5, 0.6) is 5.75 Å². The van der Waals surface area contributed by atoms with E-state index < -0.39 is 30.0 Å². The first-order valence-electron chi connectivity index (χ1n) is 11.8. The Morgan fingerprint density at radius 3 is 2.47 bits per heavy atom. The monoisotopic (exact) mass is 527 g/mol. The van der Waals surface area contributed by atoms with E-state index in [0.29, 0.717) is 36.0 Å². The molecule has 38 heavy (non-hydrogen) atoms. The quantitative estimate of drug-likeness (QED) is 0.355. The Morgan fingerprint density at radius 1 is 1.13 bits per heavy atom. The number of amides is 2. The number of carbonyl (C=O) groups is 2. The summed E-state index contributed by atoms with van der Waals surface area (Å²) >= 11 is 0. The molecular weight excluding hydrogens is 503 g/mol. The van der Waals surface area contributed by atoms with Crippen molar-refractivity contribution in [2.24, 2.45) is 0 Å². The predicted molar refractivity (Wildman–Crippen MR) is 130 cm³/mol. The molecule has 0 radical (unpaired) electrons. The molecule has 5 rings (SSSR count). The van der Waals surface area contributed by atoms with Crippen molar-refractivity contribution in [1.29, 1.82) is 0 Å². The second-order valence-corrected chi connectivity index (χ2v) is 9.21. The van der Waals surface area contributed by atoms with Crippen LogP contribution < -0.4 is 15.4 Å². The Labute approximate surface area is 215 Å². The van der Waals surface area contributed by atoms with Crippen molar-refractivity contribution in [3.8, 4) is 23.0 Å². The summed E-state index contributed by atoms with van der Waals surface area (Å²) in [5.41, 5.74) is 1.89. The lowest BCUT2D eigenvalue weighted by Crippen LogP contribution is -2.49. The molecule has 1 aliphatic rings. The minimum absolute atomic E-state index is 0.148. The number of halogens is 3. The van der Waals surface area contributed by atoms with E-state index in [0.717, 1.165) is 22.2 Å². The molecule has 0 aliphatic heterocycles. The van der Waals surface area contributed by atoms with Gasteiger partial charge in [-0.15, -0.1) is 0 Å². The van der Waals surface area contributed by atoms with Crippen LogP contribution in [-0.4, -0.2) is 45.3 Å². The zero-order valence-electron chi connectivity index (χ0n) is 20.6. The van der Waals surface area contributed by atoms with Gasteiger partial charge in [0, 0.05) is 17.6 Å². The number of carbonyl (C=O) groups excluding carboxylic acids is 2. The third-order valence-electron chi connectivity index (χ3n) is 6.33. The van der Waals surface area contributed by atoms with Crippen LogP contribution in [0.4, 0.5) is 13.2 Å². The molecule has 2 amide bonds. The van der Waals surface area contributed by atoms with Gasteiger partial charge in [-0.05, 0) is 61.7 Å². The Hall–Kier alpha value is -4.35. The number of aryl methyl sites for hydroxylation is 1. The van der Waals surface area contributed by atoms with Gasteiger partial charge < -0.3 is 24.5 Å². The van der Waals surface area contributed by atoms with E-state index in [4.69, 9.17) is 9.26 Å². The Balaban J connectivity index is 1.33. The first kappa shape index (κ1) is 25.3.